The molecule has 1 heterocycles. The number of benzene rings is 1. The van der Waals surface area contributed by atoms with Crippen molar-refractivity contribution < 1.29 is 14.0 Å². The van der Waals surface area contributed by atoms with E-state index < -0.39 is 11.9 Å². The van der Waals surface area contributed by atoms with Gasteiger partial charge < -0.3 is 9.73 Å². The van der Waals surface area contributed by atoms with Crippen molar-refractivity contribution >= 4 is 23.5 Å². The van der Waals surface area contributed by atoms with Crippen molar-refractivity contribution in [1.29, 1.82) is 0 Å². The van der Waals surface area contributed by atoms with E-state index in [-0.39, 0.29) is 6.04 Å². The molecule has 0 aliphatic rings. The molecular weight excluding hydrogens is 330 g/mol. The zero-order chi connectivity index (χ0) is 17.7. The van der Waals surface area contributed by atoms with Crippen molar-refractivity contribution in [3.8, 4) is 0 Å². The molecule has 1 unspecified atom stereocenters. The number of carbonyl (C=O) groups excluding carboxylic acids is 2. The first-order valence-electron chi connectivity index (χ1n) is 7.60. The van der Waals surface area contributed by atoms with Gasteiger partial charge in [0.2, 0.25) is 0 Å². The number of aryl methyl sites for hydroxylation is 2. The molecule has 0 aliphatic heterocycles. The summed E-state index contributed by atoms with van der Waals surface area (Å²) in [5.74, 6) is 0.703. The third-order valence-electron chi connectivity index (χ3n) is 3.56. The largest absolute Gasteiger partial charge is 0.466 e. The van der Waals surface area contributed by atoms with Gasteiger partial charge in [-0.05, 0) is 44.0 Å². The number of hydrogen-bond acceptors (Lipinski definition) is 3. The number of carbonyl (C=O) groups is 2. The number of hydrogen-bond donors (Lipinski definition) is 3. The van der Waals surface area contributed by atoms with Gasteiger partial charge in [0.25, 0.3) is 5.91 Å². The Morgan fingerprint density at radius 2 is 1.83 bits per heavy atom. The maximum absolute atomic E-state index is 12.0. The minimum Gasteiger partial charge on any atom is -0.466 e. The van der Waals surface area contributed by atoms with Crippen LogP contribution in [0.25, 0.3) is 0 Å². The minimum atomic E-state index is -0.497. The zero-order valence-electron chi connectivity index (χ0n) is 13.8. The molecule has 0 radical (unpaired) electrons. The quantitative estimate of drug-likeness (QED) is 0.737. The summed E-state index contributed by atoms with van der Waals surface area (Å²) in [5, 5.41) is 3.43. The smallest absolute Gasteiger partial charge is 0.333 e. The lowest BCUT2D eigenvalue weighted by atomic mass is 10.1. The molecule has 24 heavy (non-hydrogen) atoms. The van der Waals surface area contributed by atoms with E-state index in [4.69, 9.17) is 16.0 Å². The van der Waals surface area contributed by atoms with Gasteiger partial charge in [0.15, 0.2) is 0 Å². The highest BCUT2D eigenvalue weighted by Gasteiger charge is 2.16. The third kappa shape index (κ3) is 4.52. The summed E-state index contributed by atoms with van der Waals surface area (Å²) in [5.41, 5.74) is 6.03. The predicted octanol–water partition coefficient (Wildman–Crippen LogP) is 3.65. The lowest BCUT2D eigenvalue weighted by Crippen LogP contribution is -2.47. The number of halogens is 1. The topological polar surface area (TPSA) is 83.4 Å². The van der Waals surface area contributed by atoms with Gasteiger partial charge in [0, 0.05) is 5.02 Å². The number of furan rings is 1. The highest BCUT2D eigenvalue weighted by molar-refractivity contribution is 6.30. The molecule has 0 spiro atoms. The fourth-order valence-electron chi connectivity index (χ4n) is 2.35. The average Bonchev–Trinajstić information content (AvgIpc) is 2.90. The Labute approximate surface area is 145 Å². The van der Waals surface area contributed by atoms with Crippen molar-refractivity contribution in [3.05, 3.63) is 58.0 Å². The third-order valence-corrected chi connectivity index (χ3v) is 3.81. The molecule has 0 bridgehead atoms. The van der Waals surface area contributed by atoms with Gasteiger partial charge in [-0.25, -0.2) is 10.2 Å². The molecule has 3 amide bonds. The Morgan fingerprint density at radius 3 is 2.38 bits per heavy atom. The summed E-state index contributed by atoms with van der Waals surface area (Å²) in [6, 6.07) is 8.18. The standard InChI is InChI=1S/C17H20ClN3O3/c1-4-15(12-5-7-13(18)8-6-12)19-17(23)21-20-16(22)14-9-10(2)24-11(14)3/h5-9,15H,4H2,1-3H3,(H,20,22)(H2,19,21,23). The van der Waals surface area contributed by atoms with Crippen molar-refractivity contribution in [3.63, 3.8) is 0 Å². The van der Waals surface area contributed by atoms with E-state index in [0.717, 1.165) is 5.56 Å². The molecule has 0 saturated carbocycles. The molecular formula is C17H20ClN3O3. The van der Waals surface area contributed by atoms with E-state index in [2.05, 4.69) is 16.2 Å². The van der Waals surface area contributed by atoms with Crippen LogP contribution >= 0.6 is 11.6 Å². The molecule has 6 nitrogen and oxygen atoms in total. The van der Waals surface area contributed by atoms with Crippen molar-refractivity contribution in [2.24, 2.45) is 0 Å². The van der Waals surface area contributed by atoms with Crippen molar-refractivity contribution in [1.82, 2.24) is 16.2 Å². The number of urea groups is 1. The number of hydrazine groups is 1. The first kappa shape index (κ1) is 17.9. The van der Waals surface area contributed by atoms with Crippen LogP contribution in [0.3, 0.4) is 0 Å². The molecule has 128 valence electrons. The van der Waals surface area contributed by atoms with Crippen LogP contribution in [-0.2, 0) is 0 Å². The van der Waals surface area contributed by atoms with Crippen LogP contribution in [-0.4, -0.2) is 11.9 Å². The van der Waals surface area contributed by atoms with Crippen molar-refractivity contribution in [2.45, 2.75) is 33.2 Å². The summed E-state index contributed by atoms with van der Waals surface area (Å²) in [7, 11) is 0. The van der Waals surface area contributed by atoms with Crippen LogP contribution in [0.5, 0.6) is 0 Å². The van der Waals surface area contributed by atoms with E-state index in [1.807, 2.05) is 19.1 Å². The van der Waals surface area contributed by atoms with Gasteiger partial charge in [0.05, 0.1) is 11.6 Å². The Bertz CT molecular complexity index is 725. The summed E-state index contributed by atoms with van der Waals surface area (Å²) in [6.45, 7) is 5.40. The minimum absolute atomic E-state index is 0.183. The predicted molar refractivity (Wildman–Crippen MR) is 91.8 cm³/mol. The second kappa shape index (κ2) is 7.88. The second-order valence-electron chi connectivity index (χ2n) is 5.39. The second-order valence-corrected chi connectivity index (χ2v) is 5.83. The van der Waals surface area contributed by atoms with Crippen LogP contribution in [0.2, 0.25) is 5.02 Å². The van der Waals surface area contributed by atoms with Gasteiger partial charge in [-0.3, -0.25) is 10.2 Å². The molecule has 1 aromatic carbocycles. The van der Waals surface area contributed by atoms with Crippen LogP contribution in [0, 0.1) is 13.8 Å². The van der Waals surface area contributed by atoms with E-state index in [9.17, 15) is 9.59 Å². The van der Waals surface area contributed by atoms with Crippen LogP contribution in [0.15, 0.2) is 34.7 Å². The Kier molecular flexibility index (Phi) is 5.87. The fraction of sp³-hybridized carbons (Fsp3) is 0.294. The molecule has 2 aromatic rings. The Hall–Kier alpha value is -2.47. The van der Waals surface area contributed by atoms with Crippen molar-refractivity contribution in [2.75, 3.05) is 0 Å². The number of rotatable bonds is 4. The normalized spacial score (nSPS) is 11.7. The Balaban J connectivity index is 1.91. The summed E-state index contributed by atoms with van der Waals surface area (Å²) >= 11 is 5.87. The first-order chi connectivity index (χ1) is 11.4. The first-order valence-corrected chi connectivity index (χ1v) is 7.97. The molecule has 3 N–H and O–H groups in total. The number of amides is 3. The highest BCUT2D eigenvalue weighted by Crippen LogP contribution is 2.19. The Morgan fingerprint density at radius 1 is 1.17 bits per heavy atom. The van der Waals surface area contributed by atoms with Gasteiger partial charge in [0.1, 0.15) is 11.5 Å². The molecule has 0 saturated heterocycles. The maximum Gasteiger partial charge on any atom is 0.333 e. The van der Waals surface area contributed by atoms with Crippen LogP contribution in [0.1, 0.15) is 46.8 Å². The maximum atomic E-state index is 12.0. The average molecular weight is 350 g/mol. The lowest BCUT2D eigenvalue weighted by molar-refractivity contribution is 0.0934. The molecule has 0 aliphatic carbocycles. The molecule has 1 atom stereocenters. The van der Waals surface area contributed by atoms with Gasteiger partial charge >= 0.3 is 6.03 Å². The molecule has 7 heteroatoms. The SMILES string of the molecule is CCC(NC(=O)NNC(=O)c1cc(C)oc1C)c1ccc(Cl)cc1. The lowest BCUT2D eigenvalue weighted by Gasteiger charge is -2.18. The van der Waals surface area contributed by atoms with E-state index in [1.165, 1.54) is 0 Å². The van der Waals surface area contributed by atoms with Crippen LogP contribution < -0.4 is 16.2 Å². The number of nitrogens with one attached hydrogen (secondary N) is 3. The molecule has 0 fully saturated rings. The zero-order valence-corrected chi connectivity index (χ0v) is 14.5. The summed E-state index contributed by atoms with van der Waals surface area (Å²) in [4.78, 5) is 24.0. The van der Waals surface area contributed by atoms with Gasteiger partial charge in [-0.2, -0.15) is 0 Å². The van der Waals surface area contributed by atoms with E-state index >= 15 is 0 Å². The van der Waals surface area contributed by atoms with E-state index in [1.54, 1.807) is 32.0 Å². The van der Waals surface area contributed by atoms with E-state index in [0.29, 0.717) is 28.5 Å². The monoisotopic (exact) mass is 349 g/mol. The van der Waals surface area contributed by atoms with Gasteiger partial charge in [-0.15, -0.1) is 0 Å². The highest BCUT2D eigenvalue weighted by atomic mass is 35.5. The molecule has 2 rings (SSSR count). The van der Waals surface area contributed by atoms with Gasteiger partial charge in [-0.1, -0.05) is 30.7 Å². The summed E-state index contributed by atoms with van der Waals surface area (Å²) < 4.78 is 5.29. The summed E-state index contributed by atoms with van der Waals surface area (Å²) in [6.07, 6.45) is 0.697. The fourth-order valence-corrected chi connectivity index (χ4v) is 2.47. The molecule has 1 aromatic heterocycles. The van der Waals surface area contributed by atoms with Crippen LogP contribution in [0.4, 0.5) is 4.79 Å².